The summed E-state index contributed by atoms with van der Waals surface area (Å²) in [6.45, 7) is 9.03. The normalized spacial score (nSPS) is 14.4. The standard InChI is InChI=1S/C31H31ClN2O6/c1-5-11-39-24-9-7-23(8-10-24)34-30(36)25(29(35)33-31(34)37)15-21-16-26(32)28(27(17-21)38-6-2)40-18-22-13-19(3)12-20(4)14-22/h7-10,12-17H,5-6,11,18H2,1-4H3,(H,33,35,37)/b25-15-. The summed E-state index contributed by atoms with van der Waals surface area (Å²) in [5, 5.41) is 2.48. The average molecular weight is 563 g/mol. The lowest BCUT2D eigenvalue weighted by atomic mass is 10.1. The van der Waals surface area contributed by atoms with Gasteiger partial charge in [-0.2, -0.15) is 0 Å². The van der Waals surface area contributed by atoms with E-state index < -0.39 is 17.8 Å². The van der Waals surface area contributed by atoms with Crippen LogP contribution in [0.1, 0.15) is 42.5 Å². The fourth-order valence-electron chi connectivity index (χ4n) is 4.35. The molecule has 8 nitrogen and oxygen atoms in total. The van der Waals surface area contributed by atoms with Gasteiger partial charge in [0, 0.05) is 0 Å². The first-order valence-corrected chi connectivity index (χ1v) is 13.4. The minimum absolute atomic E-state index is 0.228. The number of urea groups is 1. The number of barbiturate groups is 1. The Morgan fingerprint density at radius 2 is 1.60 bits per heavy atom. The van der Waals surface area contributed by atoms with Gasteiger partial charge in [0.15, 0.2) is 11.5 Å². The highest BCUT2D eigenvalue weighted by Gasteiger charge is 2.37. The number of nitrogens with one attached hydrogen (secondary N) is 1. The van der Waals surface area contributed by atoms with Gasteiger partial charge in [0.05, 0.1) is 23.9 Å². The molecule has 3 aromatic rings. The van der Waals surface area contributed by atoms with Crippen molar-refractivity contribution < 1.29 is 28.6 Å². The minimum Gasteiger partial charge on any atom is -0.494 e. The fraction of sp³-hybridized carbons (Fsp3) is 0.258. The van der Waals surface area contributed by atoms with E-state index in [0.29, 0.717) is 41.7 Å². The molecule has 4 amide bonds. The monoisotopic (exact) mass is 562 g/mol. The van der Waals surface area contributed by atoms with Crippen LogP contribution in [0.2, 0.25) is 5.02 Å². The van der Waals surface area contributed by atoms with Crippen molar-refractivity contribution in [1.29, 1.82) is 0 Å². The van der Waals surface area contributed by atoms with Crippen molar-refractivity contribution in [1.82, 2.24) is 5.32 Å². The number of nitrogens with zero attached hydrogens (tertiary/aromatic N) is 1. The quantitative estimate of drug-likeness (QED) is 0.227. The smallest absolute Gasteiger partial charge is 0.335 e. The molecule has 9 heteroatoms. The van der Waals surface area contributed by atoms with Crippen LogP contribution in [-0.2, 0) is 16.2 Å². The summed E-state index contributed by atoms with van der Waals surface area (Å²) in [6.07, 6.45) is 2.22. The highest BCUT2D eigenvalue weighted by molar-refractivity contribution is 6.39. The van der Waals surface area contributed by atoms with E-state index >= 15 is 0 Å². The van der Waals surface area contributed by atoms with Crippen molar-refractivity contribution in [2.45, 2.75) is 40.7 Å². The van der Waals surface area contributed by atoms with Crippen LogP contribution in [0.15, 0.2) is 60.2 Å². The first kappa shape index (κ1) is 28.7. The van der Waals surface area contributed by atoms with E-state index in [9.17, 15) is 14.4 Å². The lowest BCUT2D eigenvalue weighted by Crippen LogP contribution is -2.54. The molecule has 0 bridgehead atoms. The number of rotatable bonds is 10. The maximum Gasteiger partial charge on any atom is 0.335 e. The second kappa shape index (κ2) is 12.7. The molecular weight excluding hydrogens is 532 g/mol. The van der Waals surface area contributed by atoms with Crippen LogP contribution in [0.5, 0.6) is 17.2 Å². The number of ether oxygens (including phenoxy) is 3. The zero-order valence-electron chi connectivity index (χ0n) is 22.9. The third-order valence-electron chi connectivity index (χ3n) is 5.98. The molecule has 3 aromatic carbocycles. The number of imide groups is 2. The van der Waals surface area contributed by atoms with E-state index in [1.807, 2.05) is 39.8 Å². The van der Waals surface area contributed by atoms with E-state index in [-0.39, 0.29) is 17.2 Å². The Kier molecular flexibility index (Phi) is 9.11. The Morgan fingerprint density at radius 1 is 0.900 bits per heavy atom. The van der Waals surface area contributed by atoms with Crippen LogP contribution >= 0.6 is 11.6 Å². The molecule has 208 valence electrons. The van der Waals surface area contributed by atoms with Crippen LogP contribution in [-0.4, -0.2) is 31.1 Å². The molecule has 40 heavy (non-hydrogen) atoms. The van der Waals surface area contributed by atoms with E-state index in [2.05, 4.69) is 11.4 Å². The summed E-state index contributed by atoms with van der Waals surface area (Å²) in [6, 6.07) is 15.0. The molecule has 0 aromatic heterocycles. The Bertz CT molecular complexity index is 1450. The molecule has 0 aliphatic carbocycles. The summed E-state index contributed by atoms with van der Waals surface area (Å²) >= 11 is 6.59. The van der Waals surface area contributed by atoms with Gasteiger partial charge < -0.3 is 14.2 Å². The summed E-state index contributed by atoms with van der Waals surface area (Å²) in [4.78, 5) is 39.5. The maximum atomic E-state index is 13.3. The molecule has 0 atom stereocenters. The number of amides is 4. The fourth-order valence-corrected chi connectivity index (χ4v) is 4.63. The summed E-state index contributed by atoms with van der Waals surface area (Å²) < 4.78 is 17.4. The summed E-state index contributed by atoms with van der Waals surface area (Å²) in [5.41, 5.74) is 3.74. The van der Waals surface area contributed by atoms with Gasteiger partial charge in [0.1, 0.15) is 17.9 Å². The number of hydrogen-bond acceptors (Lipinski definition) is 6. The van der Waals surface area contributed by atoms with Gasteiger partial charge in [-0.1, -0.05) is 47.9 Å². The van der Waals surface area contributed by atoms with E-state index in [0.717, 1.165) is 28.0 Å². The van der Waals surface area contributed by atoms with Gasteiger partial charge in [-0.3, -0.25) is 14.9 Å². The molecule has 0 saturated carbocycles. The minimum atomic E-state index is -0.836. The van der Waals surface area contributed by atoms with Gasteiger partial charge in [-0.25, -0.2) is 9.69 Å². The molecule has 0 unspecified atom stereocenters. The molecule has 0 radical (unpaired) electrons. The first-order chi connectivity index (χ1) is 19.2. The second-order valence-corrected chi connectivity index (χ2v) is 9.76. The van der Waals surface area contributed by atoms with Gasteiger partial charge in [0.2, 0.25) is 0 Å². The molecule has 0 spiro atoms. The van der Waals surface area contributed by atoms with Gasteiger partial charge in [-0.05, 0) is 80.8 Å². The van der Waals surface area contributed by atoms with Crippen LogP contribution in [0.3, 0.4) is 0 Å². The van der Waals surface area contributed by atoms with Crippen molar-refractivity contribution in [3.05, 3.63) is 87.4 Å². The lowest BCUT2D eigenvalue weighted by Gasteiger charge is -2.26. The number of carbonyl (C=O) groups is 3. The highest BCUT2D eigenvalue weighted by atomic mass is 35.5. The number of benzene rings is 3. The van der Waals surface area contributed by atoms with Gasteiger partial charge >= 0.3 is 6.03 Å². The third-order valence-corrected chi connectivity index (χ3v) is 6.26. The molecule has 1 saturated heterocycles. The topological polar surface area (TPSA) is 94.2 Å². The number of halogens is 1. The molecular formula is C31H31ClN2O6. The predicted octanol–water partition coefficient (Wildman–Crippen LogP) is 6.39. The van der Waals surface area contributed by atoms with Crippen molar-refractivity contribution in [2.24, 2.45) is 0 Å². The zero-order valence-corrected chi connectivity index (χ0v) is 23.6. The van der Waals surface area contributed by atoms with E-state index in [4.69, 9.17) is 25.8 Å². The Labute approximate surface area is 238 Å². The van der Waals surface area contributed by atoms with Gasteiger partial charge in [0.25, 0.3) is 11.8 Å². The maximum absolute atomic E-state index is 13.3. The third kappa shape index (κ3) is 6.63. The Morgan fingerprint density at radius 3 is 2.25 bits per heavy atom. The number of carbonyl (C=O) groups excluding carboxylic acids is 3. The predicted molar refractivity (Wildman–Crippen MR) is 154 cm³/mol. The number of hydrogen-bond donors (Lipinski definition) is 1. The van der Waals surface area contributed by atoms with Crippen molar-refractivity contribution in [2.75, 3.05) is 18.1 Å². The van der Waals surface area contributed by atoms with E-state index in [1.54, 1.807) is 36.4 Å². The van der Waals surface area contributed by atoms with Crippen LogP contribution in [0, 0.1) is 13.8 Å². The molecule has 1 N–H and O–H groups in total. The highest BCUT2D eigenvalue weighted by Crippen LogP contribution is 2.38. The van der Waals surface area contributed by atoms with Crippen molar-refractivity contribution in [3.63, 3.8) is 0 Å². The van der Waals surface area contributed by atoms with Crippen LogP contribution in [0.25, 0.3) is 6.08 Å². The molecule has 1 heterocycles. The number of anilines is 1. The van der Waals surface area contributed by atoms with Crippen molar-refractivity contribution >= 4 is 41.2 Å². The molecule has 4 rings (SSSR count). The van der Waals surface area contributed by atoms with Gasteiger partial charge in [-0.15, -0.1) is 0 Å². The second-order valence-electron chi connectivity index (χ2n) is 9.35. The SMILES string of the molecule is CCCOc1ccc(N2C(=O)NC(=O)/C(=C/c3cc(Cl)c(OCc4cc(C)cc(C)c4)c(OCC)c3)C2=O)cc1. The first-order valence-electron chi connectivity index (χ1n) is 13.0. The largest absolute Gasteiger partial charge is 0.494 e. The zero-order chi connectivity index (χ0) is 28.8. The van der Waals surface area contributed by atoms with E-state index in [1.165, 1.54) is 6.08 Å². The molecule has 1 aliphatic rings. The number of aryl methyl sites for hydroxylation is 2. The Balaban J connectivity index is 1.62. The Hall–Kier alpha value is -4.30. The molecule has 1 fully saturated rings. The van der Waals surface area contributed by atoms with Crippen molar-refractivity contribution in [3.8, 4) is 17.2 Å². The van der Waals surface area contributed by atoms with Crippen LogP contribution < -0.4 is 24.4 Å². The van der Waals surface area contributed by atoms with Crippen LogP contribution in [0.4, 0.5) is 10.5 Å². The molecule has 1 aliphatic heterocycles. The lowest BCUT2D eigenvalue weighted by molar-refractivity contribution is -0.122. The summed E-state index contributed by atoms with van der Waals surface area (Å²) in [7, 11) is 0. The summed E-state index contributed by atoms with van der Waals surface area (Å²) in [5.74, 6) is -0.240. The average Bonchev–Trinajstić information content (AvgIpc) is 2.89.